The van der Waals surface area contributed by atoms with Crippen LogP contribution in [0.4, 0.5) is 5.82 Å². The van der Waals surface area contributed by atoms with Gasteiger partial charge in [-0.25, -0.2) is 9.97 Å². The molecule has 2 unspecified atom stereocenters. The van der Waals surface area contributed by atoms with Crippen LogP contribution in [0.5, 0.6) is 0 Å². The molecular formula is C12H18BrN3O2. The molecule has 0 radical (unpaired) electrons. The lowest BCUT2D eigenvalue weighted by molar-refractivity contribution is -0.0423. The number of anilines is 1. The molecule has 18 heavy (non-hydrogen) atoms. The molecule has 5 nitrogen and oxygen atoms in total. The number of rotatable bonds is 3. The minimum atomic E-state index is -0.146. The first-order valence-corrected chi connectivity index (χ1v) is 6.96. The number of hydrogen-bond acceptors (Lipinski definition) is 5. The lowest BCUT2D eigenvalue weighted by Crippen LogP contribution is -2.48. The molecule has 0 spiro atoms. The summed E-state index contributed by atoms with van der Waals surface area (Å²) in [4.78, 5) is 11.0. The molecule has 100 valence electrons. The van der Waals surface area contributed by atoms with Crippen molar-refractivity contribution < 1.29 is 9.84 Å². The van der Waals surface area contributed by atoms with E-state index in [0.717, 1.165) is 29.2 Å². The minimum absolute atomic E-state index is 0.0354. The van der Waals surface area contributed by atoms with Crippen molar-refractivity contribution in [2.75, 3.05) is 24.6 Å². The third-order valence-electron chi connectivity index (χ3n) is 2.90. The Balaban J connectivity index is 2.21. The quantitative estimate of drug-likeness (QED) is 0.854. The lowest BCUT2D eigenvalue weighted by Gasteiger charge is -2.36. The number of aliphatic hydroxyl groups excluding tert-OH is 1. The summed E-state index contributed by atoms with van der Waals surface area (Å²) >= 11 is 3.41. The summed E-state index contributed by atoms with van der Waals surface area (Å²) in [5.74, 6) is 1.71. The van der Waals surface area contributed by atoms with Crippen LogP contribution < -0.4 is 4.90 Å². The van der Waals surface area contributed by atoms with E-state index in [2.05, 4.69) is 30.8 Å². The SMILES string of the molecule is CCc1nc(Br)cc(N2CC(C)OC(CO)C2)n1. The van der Waals surface area contributed by atoms with Gasteiger partial charge in [-0.3, -0.25) is 0 Å². The van der Waals surface area contributed by atoms with Gasteiger partial charge in [0.2, 0.25) is 0 Å². The molecule has 0 aromatic carbocycles. The molecule has 1 aromatic heterocycles. The van der Waals surface area contributed by atoms with Gasteiger partial charge in [-0.2, -0.15) is 0 Å². The largest absolute Gasteiger partial charge is 0.394 e. The van der Waals surface area contributed by atoms with E-state index in [0.29, 0.717) is 6.54 Å². The lowest BCUT2D eigenvalue weighted by atomic mass is 10.2. The molecule has 0 saturated carbocycles. The Morgan fingerprint density at radius 1 is 1.50 bits per heavy atom. The van der Waals surface area contributed by atoms with Crippen LogP contribution in [-0.4, -0.2) is 47.0 Å². The van der Waals surface area contributed by atoms with Crippen LogP contribution in [0.15, 0.2) is 10.7 Å². The number of aliphatic hydroxyl groups is 1. The van der Waals surface area contributed by atoms with Gasteiger partial charge in [-0.1, -0.05) is 6.92 Å². The summed E-state index contributed by atoms with van der Waals surface area (Å²) < 4.78 is 6.42. The summed E-state index contributed by atoms with van der Waals surface area (Å²) in [5, 5.41) is 9.24. The van der Waals surface area contributed by atoms with E-state index in [9.17, 15) is 5.11 Å². The minimum Gasteiger partial charge on any atom is -0.394 e. The van der Waals surface area contributed by atoms with Crippen LogP contribution in [0.3, 0.4) is 0 Å². The Morgan fingerprint density at radius 3 is 2.94 bits per heavy atom. The van der Waals surface area contributed by atoms with Crippen LogP contribution in [0.2, 0.25) is 0 Å². The van der Waals surface area contributed by atoms with Gasteiger partial charge in [0.05, 0.1) is 18.8 Å². The molecule has 0 aliphatic carbocycles. The maximum Gasteiger partial charge on any atom is 0.133 e. The van der Waals surface area contributed by atoms with E-state index >= 15 is 0 Å². The van der Waals surface area contributed by atoms with Gasteiger partial charge in [0.15, 0.2) is 0 Å². The second-order valence-corrected chi connectivity index (χ2v) is 5.29. The molecule has 1 aliphatic rings. The van der Waals surface area contributed by atoms with Crippen molar-refractivity contribution in [3.05, 3.63) is 16.5 Å². The van der Waals surface area contributed by atoms with Crippen molar-refractivity contribution in [1.82, 2.24) is 9.97 Å². The number of aryl methyl sites for hydroxylation is 1. The summed E-state index contributed by atoms with van der Waals surface area (Å²) in [5.41, 5.74) is 0. The van der Waals surface area contributed by atoms with Crippen LogP contribution in [0.25, 0.3) is 0 Å². The number of halogens is 1. The summed E-state index contributed by atoms with van der Waals surface area (Å²) in [7, 11) is 0. The molecule has 1 aromatic rings. The zero-order chi connectivity index (χ0) is 13.1. The Kier molecular flexibility index (Phi) is 4.53. The first-order chi connectivity index (χ1) is 8.62. The fourth-order valence-electron chi connectivity index (χ4n) is 2.10. The molecule has 0 amide bonds. The van der Waals surface area contributed by atoms with Crippen molar-refractivity contribution in [3.8, 4) is 0 Å². The number of morpholine rings is 1. The fourth-order valence-corrected chi connectivity index (χ4v) is 2.51. The van der Waals surface area contributed by atoms with E-state index in [1.54, 1.807) is 0 Å². The molecule has 6 heteroatoms. The average molecular weight is 316 g/mol. The average Bonchev–Trinajstić information content (AvgIpc) is 2.37. The molecule has 1 fully saturated rings. The topological polar surface area (TPSA) is 58.5 Å². The van der Waals surface area contributed by atoms with E-state index in [1.165, 1.54) is 0 Å². The van der Waals surface area contributed by atoms with E-state index in [1.807, 2.05) is 19.9 Å². The van der Waals surface area contributed by atoms with Crippen LogP contribution in [0, 0.1) is 0 Å². The molecule has 1 N–H and O–H groups in total. The number of ether oxygens (including phenoxy) is 1. The van der Waals surface area contributed by atoms with E-state index in [-0.39, 0.29) is 18.8 Å². The molecule has 1 aliphatic heterocycles. The summed E-state index contributed by atoms with van der Waals surface area (Å²) in [6, 6.07) is 1.91. The number of hydrogen-bond donors (Lipinski definition) is 1. The molecule has 1 saturated heterocycles. The predicted octanol–water partition coefficient (Wildman–Crippen LogP) is 1.39. The maximum atomic E-state index is 9.24. The Morgan fingerprint density at radius 2 is 2.28 bits per heavy atom. The van der Waals surface area contributed by atoms with Gasteiger partial charge < -0.3 is 14.7 Å². The molecule has 2 heterocycles. The van der Waals surface area contributed by atoms with Gasteiger partial charge in [0, 0.05) is 25.6 Å². The van der Waals surface area contributed by atoms with E-state index in [4.69, 9.17) is 4.74 Å². The monoisotopic (exact) mass is 315 g/mol. The van der Waals surface area contributed by atoms with Crippen molar-refractivity contribution in [3.63, 3.8) is 0 Å². The maximum absolute atomic E-state index is 9.24. The van der Waals surface area contributed by atoms with Crippen LogP contribution in [0.1, 0.15) is 19.7 Å². The van der Waals surface area contributed by atoms with Gasteiger partial charge in [-0.15, -0.1) is 0 Å². The first-order valence-electron chi connectivity index (χ1n) is 6.17. The van der Waals surface area contributed by atoms with Crippen LogP contribution in [-0.2, 0) is 11.2 Å². The van der Waals surface area contributed by atoms with Crippen molar-refractivity contribution in [2.45, 2.75) is 32.5 Å². The Hall–Kier alpha value is -0.720. The number of nitrogens with zero attached hydrogens (tertiary/aromatic N) is 3. The highest BCUT2D eigenvalue weighted by Crippen LogP contribution is 2.21. The predicted molar refractivity (Wildman–Crippen MR) is 72.7 cm³/mol. The summed E-state index contributed by atoms with van der Waals surface area (Å²) in [6.07, 6.45) is 0.748. The highest BCUT2D eigenvalue weighted by Gasteiger charge is 2.26. The summed E-state index contributed by atoms with van der Waals surface area (Å²) in [6.45, 7) is 5.51. The third kappa shape index (κ3) is 3.18. The second kappa shape index (κ2) is 5.95. The molecule has 0 bridgehead atoms. The van der Waals surface area contributed by atoms with Crippen molar-refractivity contribution >= 4 is 21.7 Å². The van der Waals surface area contributed by atoms with Gasteiger partial charge >= 0.3 is 0 Å². The zero-order valence-electron chi connectivity index (χ0n) is 10.6. The normalized spacial score (nSPS) is 24.3. The Bertz CT molecular complexity index is 416. The zero-order valence-corrected chi connectivity index (χ0v) is 12.2. The van der Waals surface area contributed by atoms with Gasteiger partial charge in [0.25, 0.3) is 0 Å². The highest BCUT2D eigenvalue weighted by atomic mass is 79.9. The second-order valence-electron chi connectivity index (χ2n) is 4.47. The third-order valence-corrected chi connectivity index (χ3v) is 3.30. The number of aromatic nitrogens is 2. The standard InChI is InChI=1S/C12H18BrN3O2/c1-3-11-14-10(13)4-12(15-11)16-5-8(2)18-9(6-16)7-17/h4,8-9,17H,3,5-7H2,1-2H3. The highest BCUT2D eigenvalue weighted by molar-refractivity contribution is 9.10. The molecule has 2 rings (SSSR count). The fraction of sp³-hybridized carbons (Fsp3) is 0.667. The Labute approximate surface area is 115 Å². The molecular weight excluding hydrogens is 298 g/mol. The van der Waals surface area contributed by atoms with E-state index < -0.39 is 0 Å². The smallest absolute Gasteiger partial charge is 0.133 e. The van der Waals surface area contributed by atoms with Crippen molar-refractivity contribution in [1.29, 1.82) is 0 Å². The molecule has 2 atom stereocenters. The van der Waals surface area contributed by atoms with Gasteiger partial charge in [-0.05, 0) is 22.9 Å². The van der Waals surface area contributed by atoms with Crippen molar-refractivity contribution in [2.24, 2.45) is 0 Å². The van der Waals surface area contributed by atoms with Crippen LogP contribution >= 0.6 is 15.9 Å². The van der Waals surface area contributed by atoms with Gasteiger partial charge in [0.1, 0.15) is 16.2 Å². The first kappa shape index (κ1) is 13.7.